The van der Waals surface area contributed by atoms with E-state index in [9.17, 15) is 23.6 Å². The van der Waals surface area contributed by atoms with Gasteiger partial charge in [-0.05, 0) is 53.8 Å². The van der Waals surface area contributed by atoms with E-state index in [4.69, 9.17) is 28.3 Å². The molecule has 11 heteroatoms. The Morgan fingerprint density at radius 1 is 1.20 bits per heavy atom. The molecule has 1 saturated heterocycles. The van der Waals surface area contributed by atoms with Gasteiger partial charge < -0.3 is 15.7 Å². The van der Waals surface area contributed by atoms with Crippen molar-refractivity contribution in [2.24, 2.45) is 11.3 Å². The molecule has 3 atom stereocenters. The Bertz CT molecular complexity index is 1310. The Labute approximate surface area is 242 Å². The molecular weight excluding hydrogens is 561 g/mol. The first-order valence-electron chi connectivity index (χ1n) is 12.2. The van der Waals surface area contributed by atoms with Gasteiger partial charge in [-0.3, -0.25) is 4.79 Å². The highest BCUT2D eigenvalue weighted by atomic mass is 35.5. The van der Waals surface area contributed by atoms with E-state index in [2.05, 4.69) is 42.5 Å². The van der Waals surface area contributed by atoms with Crippen molar-refractivity contribution in [3.8, 4) is 6.07 Å². The van der Waals surface area contributed by atoms with E-state index in [1.54, 1.807) is 24.3 Å². The van der Waals surface area contributed by atoms with Gasteiger partial charge in [-0.1, -0.05) is 62.2 Å². The van der Waals surface area contributed by atoms with Crippen molar-refractivity contribution in [3.63, 3.8) is 0 Å². The number of hydrogen-bond donors (Lipinski definition) is 3. The van der Waals surface area contributed by atoms with E-state index >= 15 is 0 Å². The predicted molar refractivity (Wildman–Crippen MR) is 151 cm³/mol. The van der Waals surface area contributed by atoms with Crippen LogP contribution in [0.1, 0.15) is 49.0 Å². The first-order valence-corrected chi connectivity index (χ1v) is 13.0. The van der Waals surface area contributed by atoms with Crippen LogP contribution in [-0.2, 0) is 4.79 Å². The third-order valence-corrected chi connectivity index (χ3v) is 6.36. The molecule has 3 unspecified atom stereocenters. The molecule has 0 aliphatic carbocycles. The van der Waals surface area contributed by atoms with E-state index < -0.39 is 11.8 Å². The first kappa shape index (κ1) is 32.6. The lowest BCUT2D eigenvalue weighted by atomic mass is 9.79. The molecule has 1 aromatic heterocycles. The van der Waals surface area contributed by atoms with Gasteiger partial charge in [0.1, 0.15) is 17.5 Å². The molecule has 40 heavy (non-hydrogen) atoms. The molecule has 3 N–H and O–H groups in total. The predicted octanol–water partition coefficient (Wildman–Crippen LogP) is 6.94. The van der Waals surface area contributed by atoms with Gasteiger partial charge in [0.2, 0.25) is 6.41 Å². The van der Waals surface area contributed by atoms with Crippen molar-refractivity contribution in [3.05, 3.63) is 93.6 Å². The van der Waals surface area contributed by atoms with E-state index in [0.717, 1.165) is 6.42 Å². The molecule has 1 aliphatic rings. The van der Waals surface area contributed by atoms with Crippen LogP contribution in [0.2, 0.25) is 10.0 Å². The van der Waals surface area contributed by atoms with Crippen LogP contribution in [0.5, 0.6) is 0 Å². The van der Waals surface area contributed by atoms with Gasteiger partial charge >= 0.3 is 5.97 Å². The molecular formula is C29H30Cl2F2N4O3. The second-order valence-electron chi connectivity index (χ2n) is 10.1. The zero-order valence-electron chi connectivity index (χ0n) is 22.2. The monoisotopic (exact) mass is 590 g/mol. The summed E-state index contributed by atoms with van der Waals surface area (Å²) >= 11 is 11.3. The van der Waals surface area contributed by atoms with Gasteiger partial charge in [-0.15, -0.1) is 0 Å². The van der Waals surface area contributed by atoms with Crippen LogP contribution >= 0.6 is 23.2 Å². The van der Waals surface area contributed by atoms with Crippen molar-refractivity contribution in [2.75, 3.05) is 11.9 Å². The maximum atomic E-state index is 14.2. The van der Waals surface area contributed by atoms with Gasteiger partial charge in [0.15, 0.2) is 0 Å². The lowest BCUT2D eigenvalue weighted by Gasteiger charge is -2.26. The summed E-state index contributed by atoms with van der Waals surface area (Å²) in [5.41, 5.74) is 0.772. The number of carboxylic acids is 1. The highest BCUT2D eigenvalue weighted by Gasteiger charge is 2.39. The molecule has 4 rings (SSSR count). The summed E-state index contributed by atoms with van der Waals surface area (Å²) in [5, 5.41) is 24.2. The maximum absolute atomic E-state index is 14.2. The fourth-order valence-corrected chi connectivity index (χ4v) is 4.45. The standard InChI is InChI=1S/C16H20ClFN2.C7H6N2O3.C6H4ClF/c1-16(2,3)7-14-11(8-19)12(9-20-14)10-5-4-6-13(17)15(10)18;10-4-9-6-2-1-5(3-8-6)7(11)12;7-5-2-1-3-6(8)4-5/h4-6,11-12,14,20H,7,9H2,1-3H3;1-4H,(H,11,12)(H,8,9,10);1-4H. The second-order valence-corrected chi connectivity index (χ2v) is 11.0. The van der Waals surface area contributed by atoms with Crippen LogP contribution in [0.15, 0.2) is 60.8 Å². The summed E-state index contributed by atoms with van der Waals surface area (Å²) in [7, 11) is 0. The Hall–Kier alpha value is -3.58. The number of nitrogens with zero attached hydrogens (tertiary/aromatic N) is 2. The summed E-state index contributed by atoms with van der Waals surface area (Å²) in [6.07, 6.45) is 2.54. The quantitative estimate of drug-likeness (QED) is 0.277. The van der Waals surface area contributed by atoms with Crippen LogP contribution in [0.3, 0.4) is 0 Å². The smallest absolute Gasteiger partial charge is 0.337 e. The summed E-state index contributed by atoms with van der Waals surface area (Å²) < 4.78 is 26.2. The number of pyridine rings is 1. The molecule has 1 amide bonds. The average Bonchev–Trinajstić information content (AvgIpc) is 3.27. The highest BCUT2D eigenvalue weighted by Crippen LogP contribution is 2.38. The topological polar surface area (TPSA) is 115 Å². The molecule has 7 nitrogen and oxygen atoms in total. The lowest BCUT2D eigenvalue weighted by Crippen LogP contribution is -2.31. The fourth-order valence-electron chi connectivity index (χ4n) is 4.09. The van der Waals surface area contributed by atoms with Gasteiger partial charge in [0, 0.05) is 29.7 Å². The Morgan fingerprint density at radius 2 is 1.90 bits per heavy atom. The SMILES string of the molecule is CC(C)(C)CC1NCC(c2cccc(Cl)c2F)C1C#N.Fc1cccc(Cl)c1.O=CNc1ccc(C(=O)O)cn1. The van der Waals surface area contributed by atoms with Crippen LogP contribution in [0.25, 0.3) is 0 Å². The van der Waals surface area contributed by atoms with Crippen LogP contribution in [0.4, 0.5) is 14.6 Å². The molecule has 0 spiro atoms. The van der Waals surface area contributed by atoms with Crippen molar-refractivity contribution in [2.45, 2.75) is 39.2 Å². The summed E-state index contributed by atoms with van der Waals surface area (Å²) in [5.74, 6) is -1.75. The molecule has 0 bridgehead atoms. The van der Waals surface area contributed by atoms with Gasteiger partial charge in [0.05, 0.1) is 22.6 Å². The van der Waals surface area contributed by atoms with E-state index in [1.807, 2.05) is 0 Å². The van der Waals surface area contributed by atoms with Crippen molar-refractivity contribution < 1.29 is 23.5 Å². The third kappa shape index (κ3) is 10.2. The zero-order chi connectivity index (χ0) is 29.9. The fraction of sp³-hybridized carbons (Fsp3) is 0.310. The number of benzene rings is 2. The molecule has 2 aromatic carbocycles. The summed E-state index contributed by atoms with van der Waals surface area (Å²) in [4.78, 5) is 23.9. The normalized spacial score (nSPS) is 17.8. The molecule has 3 aromatic rings. The minimum absolute atomic E-state index is 0.0893. The van der Waals surface area contributed by atoms with E-state index in [-0.39, 0.29) is 39.7 Å². The van der Waals surface area contributed by atoms with Crippen molar-refractivity contribution in [1.29, 1.82) is 5.26 Å². The number of carboxylic acid groups (broad SMARTS) is 1. The molecule has 0 radical (unpaired) electrons. The third-order valence-electron chi connectivity index (χ3n) is 5.83. The van der Waals surface area contributed by atoms with E-state index in [1.165, 1.54) is 36.5 Å². The number of nitrogens with one attached hydrogen (secondary N) is 2. The minimum atomic E-state index is -1.04. The van der Waals surface area contributed by atoms with Gasteiger partial charge in [-0.2, -0.15) is 5.26 Å². The van der Waals surface area contributed by atoms with Gasteiger partial charge in [-0.25, -0.2) is 18.6 Å². The number of anilines is 1. The number of amides is 1. The molecule has 1 aliphatic heterocycles. The number of aromatic nitrogens is 1. The highest BCUT2D eigenvalue weighted by molar-refractivity contribution is 6.31. The number of carbonyl (C=O) groups excluding carboxylic acids is 1. The first-order chi connectivity index (χ1) is 18.9. The van der Waals surface area contributed by atoms with Crippen LogP contribution in [-0.4, -0.2) is 35.1 Å². The molecule has 1 fully saturated rings. The number of rotatable bonds is 5. The van der Waals surface area contributed by atoms with Crippen LogP contribution < -0.4 is 10.6 Å². The Morgan fingerprint density at radius 3 is 2.40 bits per heavy atom. The number of hydrogen-bond acceptors (Lipinski definition) is 5. The largest absolute Gasteiger partial charge is 0.478 e. The van der Waals surface area contributed by atoms with E-state index in [0.29, 0.717) is 29.4 Å². The zero-order valence-corrected chi connectivity index (χ0v) is 23.7. The number of halogens is 4. The number of carbonyl (C=O) groups is 2. The number of nitriles is 1. The van der Waals surface area contributed by atoms with Crippen LogP contribution in [0, 0.1) is 34.3 Å². The lowest BCUT2D eigenvalue weighted by molar-refractivity contribution is -0.105. The molecule has 0 saturated carbocycles. The average molecular weight is 591 g/mol. The number of aromatic carboxylic acids is 1. The maximum Gasteiger partial charge on any atom is 0.337 e. The summed E-state index contributed by atoms with van der Waals surface area (Å²) in [6, 6.07) is 16.1. The molecule has 2 heterocycles. The summed E-state index contributed by atoms with van der Waals surface area (Å²) in [6.45, 7) is 7.07. The Balaban J connectivity index is 0.000000236. The van der Waals surface area contributed by atoms with Gasteiger partial charge in [0.25, 0.3) is 0 Å². The van der Waals surface area contributed by atoms with Crippen molar-refractivity contribution >= 4 is 41.4 Å². The Kier molecular flexibility index (Phi) is 12.5. The second kappa shape index (κ2) is 15.3. The van der Waals surface area contributed by atoms with Crippen molar-refractivity contribution in [1.82, 2.24) is 10.3 Å². The molecule has 212 valence electrons. The minimum Gasteiger partial charge on any atom is -0.478 e.